The van der Waals surface area contributed by atoms with E-state index in [0.29, 0.717) is 22.6 Å². The van der Waals surface area contributed by atoms with E-state index in [4.69, 9.17) is 14.0 Å². The van der Waals surface area contributed by atoms with Crippen molar-refractivity contribution in [2.75, 3.05) is 14.2 Å². The smallest absolute Gasteiger partial charge is 0.257 e. The summed E-state index contributed by atoms with van der Waals surface area (Å²) >= 11 is 0. The first-order valence-electron chi connectivity index (χ1n) is 9.12. The molecule has 0 aliphatic rings. The number of halogens is 1. The van der Waals surface area contributed by atoms with Gasteiger partial charge < -0.3 is 18.9 Å². The highest BCUT2D eigenvalue weighted by molar-refractivity contribution is 5.96. The Morgan fingerprint density at radius 3 is 2.59 bits per heavy atom. The minimum atomic E-state index is -0.464. The van der Waals surface area contributed by atoms with Crippen LogP contribution in [0.15, 0.2) is 47.0 Å². The lowest BCUT2D eigenvalue weighted by Crippen LogP contribution is -2.26. The summed E-state index contributed by atoms with van der Waals surface area (Å²) in [7, 11) is 3.07. The topological polar surface area (TPSA) is 64.8 Å². The summed E-state index contributed by atoms with van der Waals surface area (Å²) in [5.41, 5.74) is 2.70. The Kier molecular flexibility index (Phi) is 6.16. The van der Waals surface area contributed by atoms with Crippen LogP contribution >= 0.6 is 0 Å². The van der Waals surface area contributed by atoms with Crippen LogP contribution in [-0.2, 0) is 13.2 Å². The minimum Gasteiger partial charge on any atom is -0.494 e. The lowest BCUT2D eigenvalue weighted by molar-refractivity contribution is 0.0780. The molecule has 1 amide bonds. The van der Waals surface area contributed by atoms with E-state index < -0.39 is 5.82 Å². The van der Waals surface area contributed by atoms with Crippen LogP contribution in [0.3, 0.4) is 0 Å². The molecule has 29 heavy (non-hydrogen) atoms. The average Bonchev–Trinajstić information content (AvgIpc) is 3.03. The van der Waals surface area contributed by atoms with Crippen molar-refractivity contribution in [1.82, 2.24) is 10.1 Å². The van der Waals surface area contributed by atoms with Gasteiger partial charge in [0.2, 0.25) is 0 Å². The van der Waals surface area contributed by atoms with Gasteiger partial charge in [0, 0.05) is 13.6 Å². The molecule has 7 heteroatoms. The van der Waals surface area contributed by atoms with Crippen molar-refractivity contribution < 1.29 is 23.2 Å². The van der Waals surface area contributed by atoms with E-state index in [-0.39, 0.29) is 24.8 Å². The molecule has 6 nitrogen and oxygen atoms in total. The maximum atomic E-state index is 13.9. The van der Waals surface area contributed by atoms with Crippen LogP contribution in [0, 0.1) is 19.7 Å². The third-order valence-corrected chi connectivity index (χ3v) is 4.65. The number of carbonyl (C=O) groups excluding carboxylic acids is 1. The van der Waals surface area contributed by atoms with Crippen LogP contribution in [0.1, 0.15) is 32.9 Å². The Labute approximate surface area is 168 Å². The first-order valence-corrected chi connectivity index (χ1v) is 9.12. The highest BCUT2D eigenvalue weighted by Crippen LogP contribution is 2.24. The average molecular weight is 398 g/mol. The van der Waals surface area contributed by atoms with E-state index in [9.17, 15) is 9.18 Å². The zero-order valence-electron chi connectivity index (χ0n) is 16.9. The predicted molar refractivity (Wildman–Crippen MR) is 106 cm³/mol. The number of benzene rings is 2. The van der Waals surface area contributed by atoms with E-state index in [2.05, 4.69) is 5.16 Å². The molecule has 1 heterocycles. The van der Waals surface area contributed by atoms with Gasteiger partial charge in [0.05, 0.1) is 23.9 Å². The molecule has 0 fully saturated rings. The quantitative estimate of drug-likeness (QED) is 0.594. The van der Waals surface area contributed by atoms with Crippen molar-refractivity contribution in [3.05, 3.63) is 76.4 Å². The van der Waals surface area contributed by atoms with E-state index in [1.54, 1.807) is 43.4 Å². The second kappa shape index (κ2) is 8.77. The number of aromatic nitrogens is 1. The zero-order chi connectivity index (χ0) is 21.0. The van der Waals surface area contributed by atoms with E-state index in [1.807, 2.05) is 13.8 Å². The number of carbonyl (C=O) groups is 1. The zero-order valence-corrected chi connectivity index (χ0v) is 16.9. The molecule has 0 aliphatic carbocycles. The van der Waals surface area contributed by atoms with Crippen LogP contribution in [0.4, 0.5) is 4.39 Å². The summed E-state index contributed by atoms with van der Waals surface area (Å²) in [6, 6.07) is 11.7. The normalized spacial score (nSPS) is 10.7. The summed E-state index contributed by atoms with van der Waals surface area (Å²) in [4.78, 5) is 14.5. The minimum absolute atomic E-state index is 0.167. The molecule has 0 radical (unpaired) electrons. The fourth-order valence-electron chi connectivity index (χ4n) is 2.99. The standard InChI is InChI=1S/C22H23FN2O4/c1-14-18(15(2)29-24-14)13-28-20-8-6-5-7-17(20)22(26)25(3)12-16-9-10-21(27-4)19(23)11-16/h5-11H,12-13H2,1-4H3. The largest absolute Gasteiger partial charge is 0.494 e. The number of amides is 1. The van der Waals surface area contributed by atoms with E-state index in [0.717, 1.165) is 11.3 Å². The summed E-state index contributed by atoms with van der Waals surface area (Å²) in [6.45, 7) is 4.16. The van der Waals surface area contributed by atoms with Crippen molar-refractivity contribution in [3.63, 3.8) is 0 Å². The van der Waals surface area contributed by atoms with Gasteiger partial charge in [-0.15, -0.1) is 0 Å². The number of nitrogens with zero attached hydrogens (tertiary/aromatic N) is 2. The SMILES string of the molecule is COc1ccc(CN(C)C(=O)c2ccccc2OCc2c(C)noc2C)cc1F. The second-order valence-electron chi connectivity index (χ2n) is 6.72. The molecule has 0 atom stereocenters. The van der Waals surface area contributed by atoms with Gasteiger partial charge in [-0.05, 0) is 43.7 Å². The molecule has 0 saturated heterocycles. The van der Waals surface area contributed by atoms with Gasteiger partial charge >= 0.3 is 0 Å². The Morgan fingerprint density at radius 1 is 1.17 bits per heavy atom. The Morgan fingerprint density at radius 2 is 1.93 bits per heavy atom. The predicted octanol–water partition coefficient (Wildman–Crippen LogP) is 4.29. The van der Waals surface area contributed by atoms with Gasteiger partial charge in [-0.25, -0.2) is 4.39 Å². The van der Waals surface area contributed by atoms with Crippen molar-refractivity contribution >= 4 is 5.91 Å². The van der Waals surface area contributed by atoms with E-state index in [1.165, 1.54) is 18.1 Å². The van der Waals surface area contributed by atoms with Crippen molar-refractivity contribution in [2.45, 2.75) is 27.0 Å². The summed E-state index contributed by atoms with van der Waals surface area (Å²) < 4.78 is 29.9. The number of para-hydroxylation sites is 1. The summed E-state index contributed by atoms with van der Waals surface area (Å²) in [5, 5.41) is 3.91. The molecular weight excluding hydrogens is 375 g/mol. The Balaban J connectivity index is 1.74. The van der Waals surface area contributed by atoms with Gasteiger partial charge in [-0.2, -0.15) is 0 Å². The Hall–Kier alpha value is -3.35. The van der Waals surface area contributed by atoms with Crippen molar-refractivity contribution in [2.24, 2.45) is 0 Å². The first-order chi connectivity index (χ1) is 13.9. The molecule has 152 valence electrons. The lowest BCUT2D eigenvalue weighted by atomic mass is 10.1. The molecule has 3 rings (SSSR count). The number of aryl methyl sites for hydroxylation is 2. The summed E-state index contributed by atoms with van der Waals surface area (Å²) in [6.07, 6.45) is 0. The van der Waals surface area contributed by atoms with Gasteiger partial charge in [-0.3, -0.25) is 4.79 Å². The molecule has 0 bridgehead atoms. The van der Waals surface area contributed by atoms with Crippen molar-refractivity contribution in [3.8, 4) is 11.5 Å². The maximum Gasteiger partial charge on any atom is 0.257 e. The lowest BCUT2D eigenvalue weighted by Gasteiger charge is -2.19. The van der Waals surface area contributed by atoms with Crippen molar-refractivity contribution in [1.29, 1.82) is 0 Å². The van der Waals surface area contributed by atoms with Gasteiger partial charge in [0.25, 0.3) is 5.91 Å². The fourth-order valence-corrected chi connectivity index (χ4v) is 2.99. The van der Waals surface area contributed by atoms with Crippen LogP contribution < -0.4 is 9.47 Å². The number of rotatable bonds is 7. The highest BCUT2D eigenvalue weighted by atomic mass is 19.1. The van der Waals surface area contributed by atoms with Crippen LogP contribution in [0.25, 0.3) is 0 Å². The van der Waals surface area contributed by atoms with Crippen LogP contribution in [0.5, 0.6) is 11.5 Å². The van der Waals surface area contributed by atoms with Crippen LogP contribution in [-0.4, -0.2) is 30.1 Å². The monoisotopic (exact) mass is 398 g/mol. The second-order valence-corrected chi connectivity index (χ2v) is 6.72. The molecule has 0 unspecified atom stereocenters. The van der Waals surface area contributed by atoms with E-state index >= 15 is 0 Å². The molecular formula is C22H23FN2O4. The molecule has 0 saturated carbocycles. The third-order valence-electron chi connectivity index (χ3n) is 4.65. The number of hydrogen-bond donors (Lipinski definition) is 0. The van der Waals surface area contributed by atoms with Gasteiger partial charge in [0.15, 0.2) is 11.6 Å². The molecule has 0 N–H and O–H groups in total. The highest BCUT2D eigenvalue weighted by Gasteiger charge is 2.18. The molecule has 0 aliphatic heterocycles. The molecule has 0 spiro atoms. The Bertz CT molecular complexity index is 996. The molecule has 3 aromatic rings. The van der Waals surface area contributed by atoms with Crippen LogP contribution in [0.2, 0.25) is 0 Å². The molecule has 1 aromatic heterocycles. The maximum absolute atomic E-state index is 13.9. The van der Waals surface area contributed by atoms with Gasteiger partial charge in [0.1, 0.15) is 18.1 Å². The molecule has 2 aromatic carbocycles. The first kappa shape index (κ1) is 20.4. The number of ether oxygens (including phenoxy) is 2. The number of hydrogen-bond acceptors (Lipinski definition) is 5. The summed E-state index contributed by atoms with van der Waals surface area (Å²) in [5.74, 6) is 0.626. The fraction of sp³-hybridized carbons (Fsp3) is 0.273. The third kappa shape index (κ3) is 4.56. The van der Waals surface area contributed by atoms with Gasteiger partial charge in [-0.1, -0.05) is 23.4 Å². The number of methoxy groups -OCH3 is 1.